The van der Waals surface area contributed by atoms with Crippen LogP contribution in [-0.2, 0) is 0 Å². The fourth-order valence-electron chi connectivity index (χ4n) is 3.11. The maximum atomic E-state index is 14.1. The van der Waals surface area contributed by atoms with Crippen molar-refractivity contribution < 1.29 is 4.39 Å². The van der Waals surface area contributed by atoms with Gasteiger partial charge in [-0.05, 0) is 50.3 Å². The fraction of sp³-hybridized carbons (Fsp3) is 0.316. The van der Waals surface area contributed by atoms with Crippen molar-refractivity contribution >= 4 is 22.3 Å². The van der Waals surface area contributed by atoms with Crippen molar-refractivity contribution in [1.82, 2.24) is 9.55 Å². The monoisotopic (exact) mass is 330 g/mol. The predicted molar refractivity (Wildman–Crippen MR) is 94.5 cm³/mol. The lowest BCUT2D eigenvalue weighted by atomic mass is 10.0. The van der Waals surface area contributed by atoms with Crippen LogP contribution >= 0.6 is 11.6 Å². The maximum Gasteiger partial charge on any atom is 0.141 e. The van der Waals surface area contributed by atoms with Gasteiger partial charge in [0.15, 0.2) is 0 Å². The van der Waals surface area contributed by atoms with Gasteiger partial charge in [-0.3, -0.25) is 4.57 Å². The number of aromatic nitrogens is 2. The zero-order valence-corrected chi connectivity index (χ0v) is 14.0. The summed E-state index contributed by atoms with van der Waals surface area (Å²) in [5.74, 6) is 0.512. The van der Waals surface area contributed by atoms with E-state index in [9.17, 15) is 4.39 Å². The van der Waals surface area contributed by atoms with Crippen molar-refractivity contribution in [2.75, 3.05) is 0 Å². The summed E-state index contributed by atoms with van der Waals surface area (Å²) in [7, 11) is 0. The van der Waals surface area contributed by atoms with Gasteiger partial charge in [-0.25, -0.2) is 9.37 Å². The minimum Gasteiger partial charge on any atom is -0.290 e. The number of halogens is 2. The van der Waals surface area contributed by atoms with E-state index in [1.807, 2.05) is 6.07 Å². The molecule has 4 heteroatoms. The van der Waals surface area contributed by atoms with Gasteiger partial charge in [0.2, 0.25) is 0 Å². The second-order valence-corrected chi connectivity index (χ2v) is 6.43. The van der Waals surface area contributed by atoms with E-state index in [0.717, 1.165) is 25.1 Å². The lowest BCUT2D eigenvalue weighted by Crippen LogP contribution is -1.99. The molecule has 0 unspecified atom stereocenters. The summed E-state index contributed by atoms with van der Waals surface area (Å²) in [4.78, 5) is 4.70. The number of rotatable bonds is 3. The third-order valence-corrected chi connectivity index (χ3v) is 4.56. The molecule has 2 nitrogen and oxygen atoms in total. The summed E-state index contributed by atoms with van der Waals surface area (Å²) in [6, 6.07) is 6.66. The highest BCUT2D eigenvalue weighted by atomic mass is 35.5. The van der Waals surface area contributed by atoms with Crippen LogP contribution in [0.5, 0.6) is 0 Å². The van der Waals surface area contributed by atoms with Gasteiger partial charge in [-0.2, -0.15) is 0 Å². The highest BCUT2D eigenvalue weighted by Crippen LogP contribution is 2.34. The second kappa shape index (κ2) is 6.71. The fourth-order valence-corrected chi connectivity index (χ4v) is 3.24. The van der Waals surface area contributed by atoms with Crippen LogP contribution in [0.4, 0.5) is 4.39 Å². The van der Waals surface area contributed by atoms with Crippen LogP contribution in [0.25, 0.3) is 22.0 Å². The Morgan fingerprint density at radius 3 is 2.70 bits per heavy atom. The molecule has 0 saturated carbocycles. The molecule has 0 N–H and O–H groups in total. The molecule has 1 aromatic heterocycles. The average molecular weight is 331 g/mol. The molecule has 0 radical (unpaired) electrons. The van der Waals surface area contributed by atoms with E-state index in [4.69, 9.17) is 16.6 Å². The van der Waals surface area contributed by atoms with Gasteiger partial charge in [-0.1, -0.05) is 42.3 Å². The normalized spacial score (nSPS) is 15.6. The van der Waals surface area contributed by atoms with Gasteiger partial charge >= 0.3 is 0 Å². The van der Waals surface area contributed by atoms with E-state index in [-0.39, 0.29) is 5.82 Å². The Morgan fingerprint density at radius 2 is 1.96 bits per heavy atom. The largest absolute Gasteiger partial charge is 0.290 e. The molecular formula is C19H20ClFN2. The molecule has 23 heavy (non-hydrogen) atoms. The Kier molecular flexibility index (Phi) is 4.67. The van der Waals surface area contributed by atoms with Crippen LogP contribution in [0.2, 0.25) is 0 Å². The molecule has 0 saturated heterocycles. The molecule has 0 atom stereocenters. The van der Waals surface area contributed by atoms with Crippen LogP contribution < -0.4 is 0 Å². The van der Waals surface area contributed by atoms with Crippen LogP contribution in [0.3, 0.4) is 0 Å². The zero-order chi connectivity index (χ0) is 16.4. The van der Waals surface area contributed by atoms with E-state index in [1.165, 1.54) is 30.1 Å². The summed E-state index contributed by atoms with van der Waals surface area (Å²) < 4.78 is 15.9. The summed E-state index contributed by atoms with van der Waals surface area (Å²) in [5, 5.41) is 0.375. The van der Waals surface area contributed by atoms with Gasteiger partial charge in [-0.15, -0.1) is 0 Å². The molecule has 1 aliphatic carbocycles. The molecule has 2 aromatic rings. The van der Waals surface area contributed by atoms with E-state index in [1.54, 1.807) is 22.9 Å². The first kappa shape index (κ1) is 16.0. The molecule has 1 aromatic carbocycles. The highest BCUT2D eigenvalue weighted by molar-refractivity contribution is 6.44. The van der Waals surface area contributed by atoms with Crippen LogP contribution in [0, 0.1) is 5.82 Å². The lowest BCUT2D eigenvalue weighted by molar-refractivity contribution is 0.631. The molecule has 1 aliphatic rings. The number of imidazole rings is 1. The van der Waals surface area contributed by atoms with Gasteiger partial charge in [0.25, 0.3) is 0 Å². The van der Waals surface area contributed by atoms with Gasteiger partial charge in [0, 0.05) is 11.8 Å². The van der Waals surface area contributed by atoms with Gasteiger partial charge < -0.3 is 0 Å². The average Bonchev–Trinajstić information content (AvgIpc) is 2.85. The predicted octanol–water partition coefficient (Wildman–Crippen LogP) is 6.09. The Labute approximate surface area is 141 Å². The SMILES string of the molecule is C=C(Cl)n1cc(-c2ccccc2F)nc1C1=C(C)CCCCC1. The van der Waals surface area contributed by atoms with Crippen molar-refractivity contribution in [3.8, 4) is 11.3 Å². The Balaban J connectivity index is 2.14. The second-order valence-electron chi connectivity index (χ2n) is 6.00. The van der Waals surface area contributed by atoms with Crippen molar-refractivity contribution in [3.63, 3.8) is 0 Å². The van der Waals surface area contributed by atoms with Crippen molar-refractivity contribution in [3.05, 3.63) is 54.3 Å². The molecule has 0 fully saturated rings. The number of benzene rings is 1. The van der Waals surface area contributed by atoms with E-state index >= 15 is 0 Å². The van der Waals surface area contributed by atoms with Crippen LogP contribution in [0.1, 0.15) is 44.9 Å². The molecule has 120 valence electrons. The third kappa shape index (κ3) is 3.25. The van der Waals surface area contributed by atoms with E-state index in [0.29, 0.717) is 16.4 Å². The molecular weight excluding hydrogens is 311 g/mol. The number of nitrogens with zero attached hydrogens (tertiary/aromatic N) is 2. The molecule has 0 bridgehead atoms. The summed E-state index contributed by atoms with van der Waals surface area (Å²) >= 11 is 6.17. The molecule has 3 rings (SSSR count). The summed E-state index contributed by atoms with van der Waals surface area (Å²) in [6.07, 6.45) is 7.40. The third-order valence-electron chi connectivity index (χ3n) is 4.38. The lowest BCUT2D eigenvalue weighted by Gasteiger charge is -2.10. The first-order valence-corrected chi connectivity index (χ1v) is 8.34. The first-order valence-electron chi connectivity index (χ1n) is 7.96. The Morgan fingerprint density at radius 1 is 1.22 bits per heavy atom. The Hall–Kier alpha value is -1.87. The minimum atomic E-state index is -0.282. The number of hydrogen-bond acceptors (Lipinski definition) is 1. The molecule has 0 spiro atoms. The minimum absolute atomic E-state index is 0.282. The molecule has 0 amide bonds. The van der Waals surface area contributed by atoms with Gasteiger partial charge in [0.05, 0.1) is 5.69 Å². The topological polar surface area (TPSA) is 17.8 Å². The molecule has 0 aliphatic heterocycles. The van der Waals surface area contributed by atoms with E-state index in [2.05, 4.69) is 13.5 Å². The molecule has 1 heterocycles. The smallest absolute Gasteiger partial charge is 0.141 e. The van der Waals surface area contributed by atoms with Crippen molar-refractivity contribution in [2.24, 2.45) is 0 Å². The highest BCUT2D eigenvalue weighted by Gasteiger charge is 2.19. The van der Waals surface area contributed by atoms with Crippen molar-refractivity contribution in [1.29, 1.82) is 0 Å². The quantitative estimate of drug-likeness (QED) is 0.665. The number of allylic oxidation sites excluding steroid dienone is 2. The number of hydrogen-bond donors (Lipinski definition) is 0. The van der Waals surface area contributed by atoms with Crippen LogP contribution in [-0.4, -0.2) is 9.55 Å². The maximum absolute atomic E-state index is 14.1. The van der Waals surface area contributed by atoms with Crippen LogP contribution in [0.15, 0.2) is 42.6 Å². The van der Waals surface area contributed by atoms with Gasteiger partial charge in [0.1, 0.15) is 16.8 Å². The Bertz CT molecular complexity index is 773. The van der Waals surface area contributed by atoms with E-state index < -0.39 is 0 Å². The standard InChI is InChI=1S/C19H20ClFN2/c1-13-8-4-3-5-9-15(13)19-22-18(12-23(19)14(2)20)16-10-6-7-11-17(16)21/h6-7,10-12H,2-5,8-9H2,1H3. The first-order chi connectivity index (χ1) is 11.1. The summed E-state index contributed by atoms with van der Waals surface area (Å²) in [6.45, 7) is 5.98. The zero-order valence-electron chi connectivity index (χ0n) is 13.3. The van der Waals surface area contributed by atoms with Crippen molar-refractivity contribution in [2.45, 2.75) is 39.0 Å². The summed E-state index contributed by atoms with van der Waals surface area (Å²) in [5.41, 5.74) is 3.63.